The minimum Gasteiger partial charge on any atom is -0.395 e. The van der Waals surface area contributed by atoms with Gasteiger partial charge >= 0.3 is 0 Å². The zero-order valence-corrected chi connectivity index (χ0v) is 11.7. The summed E-state index contributed by atoms with van der Waals surface area (Å²) in [6, 6.07) is 0.299. The normalized spacial score (nSPS) is 21.8. The van der Waals surface area contributed by atoms with E-state index in [0.29, 0.717) is 6.04 Å². The summed E-state index contributed by atoms with van der Waals surface area (Å²) in [6.45, 7) is 2.17. The van der Waals surface area contributed by atoms with E-state index in [-0.39, 0.29) is 6.61 Å². The van der Waals surface area contributed by atoms with Gasteiger partial charge in [0, 0.05) is 30.5 Å². The molecule has 0 aliphatic carbocycles. The number of hydrogen-bond donors (Lipinski definition) is 1. The Bertz CT molecular complexity index is 358. The highest BCUT2D eigenvalue weighted by Crippen LogP contribution is 2.19. The Labute approximate surface area is 113 Å². The summed E-state index contributed by atoms with van der Waals surface area (Å²) in [5, 5.41) is 10.3. The van der Waals surface area contributed by atoms with Gasteiger partial charge in [-0.15, -0.1) is 0 Å². The van der Waals surface area contributed by atoms with Crippen LogP contribution in [0.4, 0.5) is 0 Å². The molecule has 0 aromatic carbocycles. The lowest BCUT2D eigenvalue weighted by atomic mass is 10.1. The first kappa shape index (κ1) is 13.8. The van der Waals surface area contributed by atoms with Crippen molar-refractivity contribution in [3.8, 4) is 0 Å². The van der Waals surface area contributed by atoms with E-state index in [2.05, 4.69) is 14.9 Å². The number of aliphatic hydroxyl groups is 1. The monoisotopic (exact) mass is 267 g/mol. The predicted octanol–water partition coefficient (Wildman–Crippen LogP) is 1.94. The lowest BCUT2D eigenvalue weighted by molar-refractivity contribution is 0.118. The largest absolute Gasteiger partial charge is 0.395 e. The molecule has 0 amide bonds. The third-order valence-electron chi connectivity index (χ3n) is 3.46. The van der Waals surface area contributed by atoms with Crippen molar-refractivity contribution in [2.75, 3.05) is 19.4 Å². The van der Waals surface area contributed by atoms with Crippen molar-refractivity contribution in [1.29, 1.82) is 0 Å². The van der Waals surface area contributed by atoms with Gasteiger partial charge in [-0.05, 0) is 25.6 Å². The summed E-state index contributed by atoms with van der Waals surface area (Å²) in [7, 11) is 0. The average Bonchev–Trinajstić information content (AvgIpc) is 2.64. The first-order chi connectivity index (χ1) is 8.83. The van der Waals surface area contributed by atoms with Gasteiger partial charge in [0.15, 0.2) is 5.16 Å². The molecule has 5 heteroatoms. The van der Waals surface area contributed by atoms with Gasteiger partial charge in [0.2, 0.25) is 0 Å². The fourth-order valence-corrected chi connectivity index (χ4v) is 2.73. The van der Waals surface area contributed by atoms with Gasteiger partial charge in [-0.2, -0.15) is 0 Å². The molecule has 2 heterocycles. The topological polar surface area (TPSA) is 49.2 Å². The van der Waals surface area contributed by atoms with Crippen LogP contribution in [0.5, 0.6) is 0 Å². The second-order valence-corrected chi connectivity index (χ2v) is 5.51. The Morgan fingerprint density at radius 1 is 1.33 bits per heavy atom. The van der Waals surface area contributed by atoms with Crippen LogP contribution in [-0.2, 0) is 6.54 Å². The molecule has 1 aromatic rings. The second-order valence-electron chi connectivity index (χ2n) is 4.73. The quantitative estimate of drug-likeness (QED) is 0.667. The number of likely N-dealkylation sites (tertiary alicyclic amines) is 1. The van der Waals surface area contributed by atoms with E-state index in [9.17, 15) is 5.11 Å². The standard InChI is InChI=1S/C13H21N3OS/c1-18-13-14-7-11(8-15-13)9-16-6-4-2-3-5-12(16)10-17/h7-8,12,17H,2-6,9-10H2,1H3/t12-/m1/s1. The molecule has 4 nitrogen and oxygen atoms in total. The molecule has 1 saturated heterocycles. The Kier molecular flexibility index (Phi) is 5.41. The minimum absolute atomic E-state index is 0.254. The molecule has 1 aliphatic rings. The molecule has 1 N–H and O–H groups in total. The number of thioether (sulfide) groups is 1. The molecule has 1 aromatic heterocycles. The highest BCUT2D eigenvalue weighted by Gasteiger charge is 2.20. The van der Waals surface area contributed by atoms with E-state index in [0.717, 1.165) is 30.2 Å². The smallest absolute Gasteiger partial charge is 0.187 e. The zero-order chi connectivity index (χ0) is 12.8. The molecular weight excluding hydrogens is 246 g/mol. The fourth-order valence-electron chi connectivity index (χ4n) is 2.42. The molecule has 100 valence electrons. The van der Waals surface area contributed by atoms with Crippen LogP contribution in [0.3, 0.4) is 0 Å². The van der Waals surface area contributed by atoms with Gasteiger partial charge in [-0.1, -0.05) is 24.6 Å². The maximum absolute atomic E-state index is 9.47. The molecule has 1 aliphatic heterocycles. The molecule has 2 rings (SSSR count). The molecule has 18 heavy (non-hydrogen) atoms. The Morgan fingerprint density at radius 3 is 2.78 bits per heavy atom. The average molecular weight is 267 g/mol. The lowest BCUT2D eigenvalue weighted by Gasteiger charge is -2.28. The van der Waals surface area contributed by atoms with Crippen molar-refractivity contribution in [3.63, 3.8) is 0 Å². The number of hydrogen-bond acceptors (Lipinski definition) is 5. The maximum atomic E-state index is 9.47. The molecule has 0 unspecified atom stereocenters. The molecule has 0 radical (unpaired) electrons. The Hall–Kier alpha value is -0.650. The van der Waals surface area contributed by atoms with E-state index >= 15 is 0 Å². The van der Waals surface area contributed by atoms with Crippen molar-refractivity contribution >= 4 is 11.8 Å². The van der Waals surface area contributed by atoms with Crippen molar-refractivity contribution in [3.05, 3.63) is 18.0 Å². The van der Waals surface area contributed by atoms with E-state index < -0.39 is 0 Å². The summed E-state index contributed by atoms with van der Waals surface area (Å²) in [4.78, 5) is 11.0. The molecule has 0 spiro atoms. The van der Waals surface area contributed by atoms with Crippen molar-refractivity contribution in [2.24, 2.45) is 0 Å². The first-order valence-electron chi connectivity index (χ1n) is 6.53. The first-order valence-corrected chi connectivity index (χ1v) is 7.76. The van der Waals surface area contributed by atoms with Gasteiger partial charge in [-0.25, -0.2) is 9.97 Å². The maximum Gasteiger partial charge on any atom is 0.187 e. The summed E-state index contributed by atoms with van der Waals surface area (Å²) < 4.78 is 0. The van der Waals surface area contributed by atoms with Gasteiger partial charge in [0.05, 0.1) is 6.61 Å². The van der Waals surface area contributed by atoms with E-state index in [4.69, 9.17) is 0 Å². The molecule has 0 saturated carbocycles. The zero-order valence-electron chi connectivity index (χ0n) is 10.9. The molecule has 0 bridgehead atoms. The van der Waals surface area contributed by atoms with Crippen molar-refractivity contribution < 1.29 is 5.11 Å². The number of aromatic nitrogens is 2. The SMILES string of the molecule is CSc1ncc(CN2CCCCC[C@@H]2CO)cn1. The van der Waals surface area contributed by atoms with Gasteiger partial charge in [-0.3, -0.25) is 4.90 Å². The van der Waals surface area contributed by atoms with Crippen LogP contribution in [0, 0.1) is 0 Å². The van der Waals surface area contributed by atoms with Crippen LogP contribution < -0.4 is 0 Å². The summed E-state index contributed by atoms with van der Waals surface area (Å²) in [6.07, 6.45) is 10.6. The van der Waals surface area contributed by atoms with Crippen LogP contribution in [0.25, 0.3) is 0 Å². The third-order valence-corrected chi connectivity index (χ3v) is 4.04. The molecular formula is C13H21N3OS. The second kappa shape index (κ2) is 7.07. The van der Waals surface area contributed by atoms with Crippen LogP contribution in [-0.4, -0.2) is 45.4 Å². The van der Waals surface area contributed by atoms with Crippen LogP contribution in [0.1, 0.15) is 31.2 Å². The van der Waals surface area contributed by atoms with Gasteiger partial charge in [0.25, 0.3) is 0 Å². The number of aliphatic hydroxyl groups excluding tert-OH is 1. The van der Waals surface area contributed by atoms with E-state index in [1.54, 1.807) is 11.8 Å². The third kappa shape index (κ3) is 3.67. The Balaban J connectivity index is 2.00. The molecule has 1 atom stereocenters. The highest BCUT2D eigenvalue weighted by atomic mass is 32.2. The van der Waals surface area contributed by atoms with E-state index in [1.165, 1.54) is 19.3 Å². The summed E-state index contributed by atoms with van der Waals surface area (Å²) in [5.74, 6) is 0. The summed E-state index contributed by atoms with van der Waals surface area (Å²) in [5.41, 5.74) is 1.13. The summed E-state index contributed by atoms with van der Waals surface area (Å²) >= 11 is 1.56. The highest BCUT2D eigenvalue weighted by molar-refractivity contribution is 7.98. The molecule has 1 fully saturated rings. The van der Waals surface area contributed by atoms with E-state index in [1.807, 2.05) is 18.6 Å². The fraction of sp³-hybridized carbons (Fsp3) is 0.692. The lowest BCUT2D eigenvalue weighted by Crippen LogP contribution is -2.36. The van der Waals surface area contributed by atoms with Crippen LogP contribution >= 0.6 is 11.8 Å². The van der Waals surface area contributed by atoms with Crippen molar-refractivity contribution in [1.82, 2.24) is 14.9 Å². The van der Waals surface area contributed by atoms with Crippen molar-refractivity contribution in [2.45, 2.75) is 43.4 Å². The van der Waals surface area contributed by atoms with Crippen LogP contribution in [0.15, 0.2) is 17.6 Å². The minimum atomic E-state index is 0.254. The van der Waals surface area contributed by atoms with Gasteiger partial charge < -0.3 is 5.11 Å². The predicted molar refractivity (Wildman–Crippen MR) is 73.6 cm³/mol. The number of rotatable bonds is 4. The Morgan fingerprint density at radius 2 is 2.11 bits per heavy atom. The van der Waals surface area contributed by atoms with Crippen LogP contribution in [0.2, 0.25) is 0 Å². The van der Waals surface area contributed by atoms with Gasteiger partial charge in [0.1, 0.15) is 0 Å². The number of nitrogens with zero attached hydrogens (tertiary/aromatic N) is 3.